The number of hydrogen-bond donors (Lipinski definition) is 3. The molecule has 262 valence electrons. The maximum atomic E-state index is 13.5. The van der Waals surface area contributed by atoms with E-state index in [1.807, 2.05) is 54.6 Å². The van der Waals surface area contributed by atoms with E-state index in [1.165, 1.54) is 0 Å². The predicted molar refractivity (Wildman–Crippen MR) is 199 cm³/mol. The van der Waals surface area contributed by atoms with Crippen LogP contribution in [0.25, 0.3) is 22.2 Å². The quantitative estimate of drug-likeness (QED) is 0.0928. The summed E-state index contributed by atoms with van der Waals surface area (Å²) in [5, 5.41) is 4.42. The fourth-order valence-corrected chi connectivity index (χ4v) is 6.75. The summed E-state index contributed by atoms with van der Waals surface area (Å²) in [7, 11) is -3.35. The Labute approximate surface area is 294 Å². The minimum atomic E-state index is -3.35. The number of nitrogens with one attached hydrogen (secondary N) is 3. The number of carbonyl (C=O) groups is 2. The van der Waals surface area contributed by atoms with Crippen LogP contribution in [-0.2, 0) is 43.7 Å². The van der Waals surface area contributed by atoms with E-state index in [0.29, 0.717) is 50.1 Å². The highest BCUT2D eigenvalue weighted by atomic mass is 32.2. The Kier molecular flexibility index (Phi) is 12.1. The van der Waals surface area contributed by atoms with Crippen LogP contribution in [0.1, 0.15) is 57.9 Å². The summed E-state index contributed by atoms with van der Waals surface area (Å²) >= 11 is 0. The summed E-state index contributed by atoms with van der Waals surface area (Å²) in [4.78, 5) is 29.7. The highest BCUT2D eigenvalue weighted by molar-refractivity contribution is 7.92. The van der Waals surface area contributed by atoms with Crippen molar-refractivity contribution in [3.8, 4) is 11.3 Å². The van der Waals surface area contributed by atoms with E-state index >= 15 is 0 Å². The summed E-state index contributed by atoms with van der Waals surface area (Å²) < 4.78 is 36.7. The molecule has 4 aromatic carbocycles. The molecule has 0 radical (unpaired) electrons. The van der Waals surface area contributed by atoms with Crippen LogP contribution in [0.15, 0.2) is 91.0 Å². The van der Waals surface area contributed by atoms with Crippen LogP contribution in [0.3, 0.4) is 0 Å². The molecular formula is C40H45N3O6S. The molecule has 1 aromatic heterocycles. The summed E-state index contributed by atoms with van der Waals surface area (Å²) in [6.07, 6.45) is 3.67. The molecule has 9 nitrogen and oxygen atoms in total. The number of esters is 2. The second kappa shape index (κ2) is 16.7. The van der Waals surface area contributed by atoms with Gasteiger partial charge in [-0.05, 0) is 111 Å². The fourth-order valence-electron chi connectivity index (χ4n) is 6.18. The predicted octanol–water partition coefficient (Wildman–Crippen LogP) is 7.27. The lowest BCUT2D eigenvalue weighted by Crippen LogP contribution is -2.39. The number of H-pyrrole nitrogens is 1. The average molecular weight is 696 g/mol. The van der Waals surface area contributed by atoms with Crippen molar-refractivity contribution in [2.45, 2.75) is 59.1 Å². The first-order chi connectivity index (χ1) is 24.0. The SMILES string of the molecule is CCOC(=O)c1ccc2[nH]c(-c3cc(C)cc(C)c3)c(CCNC(CCCc3ccc(NS(C)(=O)=O)cc3)C(=O)OCc3ccccc3)c2c1. The molecule has 0 aliphatic heterocycles. The van der Waals surface area contributed by atoms with Crippen molar-refractivity contribution in [1.82, 2.24) is 10.3 Å². The average Bonchev–Trinajstić information content (AvgIpc) is 3.44. The van der Waals surface area contributed by atoms with Gasteiger partial charge in [0.15, 0.2) is 0 Å². The standard InChI is InChI=1S/C40H45N3O6S/c1-5-48-39(44)31-16-19-36-35(25-31)34(38(42-36)32-23-27(2)22-28(3)24-32)20-21-41-37(40(45)49-26-30-10-7-6-8-11-30)13-9-12-29-14-17-33(18-15-29)43-50(4,46)47/h6-8,10-11,14-19,22-25,37,41-43H,5,9,12-13,20-21,26H2,1-4H3. The van der Waals surface area contributed by atoms with Crippen LogP contribution >= 0.6 is 0 Å². The second-order valence-corrected chi connectivity index (χ2v) is 14.4. The minimum Gasteiger partial charge on any atom is -0.462 e. The lowest BCUT2D eigenvalue weighted by molar-refractivity contribution is -0.147. The normalized spacial score (nSPS) is 12.1. The smallest absolute Gasteiger partial charge is 0.338 e. The van der Waals surface area contributed by atoms with Crippen LogP contribution in [-0.4, -0.2) is 50.8 Å². The molecule has 5 rings (SSSR count). The van der Waals surface area contributed by atoms with E-state index in [-0.39, 0.29) is 18.5 Å². The first kappa shape index (κ1) is 36.4. The van der Waals surface area contributed by atoms with Gasteiger partial charge in [0.25, 0.3) is 0 Å². The molecule has 0 bridgehead atoms. The molecule has 50 heavy (non-hydrogen) atoms. The molecule has 0 fully saturated rings. The van der Waals surface area contributed by atoms with Gasteiger partial charge in [-0.15, -0.1) is 0 Å². The number of carbonyl (C=O) groups excluding carboxylic acids is 2. The number of aromatic nitrogens is 1. The number of benzene rings is 4. The van der Waals surface area contributed by atoms with E-state index in [9.17, 15) is 18.0 Å². The molecule has 1 heterocycles. The molecule has 0 aliphatic rings. The molecule has 0 spiro atoms. The number of ether oxygens (including phenoxy) is 2. The van der Waals surface area contributed by atoms with Crippen LogP contribution in [0.2, 0.25) is 0 Å². The Morgan fingerprint density at radius 1 is 0.840 bits per heavy atom. The van der Waals surface area contributed by atoms with Crippen molar-refractivity contribution in [3.63, 3.8) is 0 Å². The number of sulfonamides is 1. The summed E-state index contributed by atoms with van der Waals surface area (Å²) in [5.41, 5.74) is 9.24. The van der Waals surface area contributed by atoms with Crippen molar-refractivity contribution in [2.75, 3.05) is 24.1 Å². The number of hydrogen-bond acceptors (Lipinski definition) is 7. The van der Waals surface area contributed by atoms with E-state index in [4.69, 9.17) is 9.47 Å². The molecule has 3 N–H and O–H groups in total. The van der Waals surface area contributed by atoms with E-state index in [0.717, 1.165) is 56.2 Å². The van der Waals surface area contributed by atoms with Crippen LogP contribution in [0.4, 0.5) is 5.69 Å². The third-order valence-electron chi connectivity index (χ3n) is 8.42. The highest BCUT2D eigenvalue weighted by Gasteiger charge is 2.21. The van der Waals surface area contributed by atoms with Gasteiger partial charge < -0.3 is 19.8 Å². The maximum Gasteiger partial charge on any atom is 0.338 e. The Hall–Kier alpha value is -4.93. The zero-order valence-corrected chi connectivity index (χ0v) is 29.9. The molecule has 0 amide bonds. The Morgan fingerprint density at radius 3 is 2.24 bits per heavy atom. The van der Waals surface area contributed by atoms with Gasteiger partial charge in [0, 0.05) is 28.8 Å². The zero-order valence-electron chi connectivity index (χ0n) is 29.0. The van der Waals surface area contributed by atoms with Gasteiger partial charge in [-0.2, -0.15) is 0 Å². The Bertz CT molecular complexity index is 2020. The molecule has 0 saturated carbocycles. The number of anilines is 1. The van der Waals surface area contributed by atoms with Gasteiger partial charge in [-0.25, -0.2) is 13.2 Å². The van der Waals surface area contributed by atoms with Gasteiger partial charge in [0.05, 0.1) is 18.4 Å². The van der Waals surface area contributed by atoms with Crippen LogP contribution in [0, 0.1) is 13.8 Å². The van der Waals surface area contributed by atoms with E-state index in [1.54, 1.807) is 25.1 Å². The van der Waals surface area contributed by atoms with Crippen molar-refractivity contribution in [3.05, 3.63) is 124 Å². The lowest BCUT2D eigenvalue weighted by atomic mass is 9.98. The summed E-state index contributed by atoms with van der Waals surface area (Å²) in [6, 6.07) is 28.3. The molecule has 10 heteroatoms. The van der Waals surface area contributed by atoms with Crippen molar-refractivity contribution in [2.24, 2.45) is 0 Å². The lowest BCUT2D eigenvalue weighted by Gasteiger charge is -2.18. The Balaban J connectivity index is 1.35. The molecule has 0 saturated heterocycles. The Morgan fingerprint density at radius 2 is 1.56 bits per heavy atom. The van der Waals surface area contributed by atoms with Gasteiger partial charge in [0.1, 0.15) is 12.6 Å². The summed E-state index contributed by atoms with van der Waals surface area (Å²) in [6.45, 7) is 6.91. The zero-order chi connectivity index (χ0) is 35.7. The molecule has 5 aromatic rings. The van der Waals surface area contributed by atoms with Crippen molar-refractivity contribution >= 4 is 38.6 Å². The first-order valence-electron chi connectivity index (χ1n) is 16.9. The highest BCUT2D eigenvalue weighted by Crippen LogP contribution is 2.33. The number of rotatable bonds is 16. The van der Waals surface area contributed by atoms with E-state index < -0.39 is 16.1 Å². The van der Waals surface area contributed by atoms with Crippen molar-refractivity contribution in [1.29, 1.82) is 0 Å². The van der Waals surface area contributed by atoms with Gasteiger partial charge in [-0.3, -0.25) is 9.52 Å². The second-order valence-electron chi connectivity index (χ2n) is 12.6. The topological polar surface area (TPSA) is 127 Å². The van der Waals surface area contributed by atoms with Crippen LogP contribution < -0.4 is 10.0 Å². The third kappa shape index (κ3) is 10.1. The van der Waals surface area contributed by atoms with Gasteiger partial charge in [0.2, 0.25) is 10.0 Å². The summed E-state index contributed by atoms with van der Waals surface area (Å²) in [5.74, 6) is -0.685. The monoisotopic (exact) mass is 695 g/mol. The number of fused-ring (bicyclic) bond motifs is 1. The van der Waals surface area contributed by atoms with Gasteiger partial charge in [-0.1, -0.05) is 59.7 Å². The van der Waals surface area contributed by atoms with Crippen LogP contribution in [0.5, 0.6) is 0 Å². The largest absolute Gasteiger partial charge is 0.462 e. The maximum absolute atomic E-state index is 13.5. The van der Waals surface area contributed by atoms with Crippen molar-refractivity contribution < 1.29 is 27.5 Å². The minimum absolute atomic E-state index is 0.183. The molecule has 0 aliphatic carbocycles. The van der Waals surface area contributed by atoms with Gasteiger partial charge >= 0.3 is 11.9 Å². The molecular weight excluding hydrogens is 651 g/mol. The molecule has 1 unspecified atom stereocenters. The number of aryl methyl sites for hydroxylation is 3. The fraction of sp³-hybridized carbons (Fsp3) is 0.300. The molecule has 1 atom stereocenters. The first-order valence-corrected chi connectivity index (χ1v) is 18.8. The van der Waals surface area contributed by atoms with E-state index in [2.05, 4.69) is 47.1 Å². The number of aromatic amines is 1. The third-order valence-corrected chi connectivity index (χ3v) is 9.02.